The van der Waals surface area contributed by atoms with E-state index in [9.17, 15) is 9.36 Å². The Kier molecular flexibility index (Phi) is 3.75. The molecule has 1 fully saturated rings. The highest BCUT2D eigenvalue weighted by Crippen LogP contribution is 2.41. The van der Waals surface area contributed by atoms with Crippen molar-refractivity contribution in [3.8, 4) is 0 Å². The molecule has 0 atom stereocenters. The van der Waals surface area contributed by atoms with E-state index in [0.717, 1.165) is 25.7 Å². The normalized spacial score (nSPS) is 22.7. The van der Waals surface area contributed by atoms with E-state index in [-0.39, 0.29) is 17.1 Å². The molecule has 0 radical (unpaired) electrons. The van der Waals surface area contributed by atoms with Crippen LogP contribution < -0.4 is 0 Å². The molecular weight excluding hydrogens is 215 g/mol. The van der Waals surface area contributed by atoms with Gasteiger partial charge in [0.05, 0.1) is 0 Å². The predicted octanol–water partition coefficient (Wildman–Crippen LogP) is 1.95. The third kappa shape index (κ3) is 4.45. The van der Waals surface area contributed by atoms with Gasteiger partial charge in [-0.3, -0.25) is 9.36 Å². The summed E-state index contributed by atoms with van der Waals surface area (Å²) in [7, 11) is -4.17. The van der Waals surface area contributed by atoms with Crippen molar-refractivity contribution in [1.82, 2.24) is 0 Å². The molecule has 0 aromatic rings. The van der Waals surface area contributed by atoms with Crippen LogP contribution in [0.3, 0.4) is 0 Å². The van der Waals surface area contributed by atoms with Crippen molar-refractivity contribution in [1.29, 1.82) is 0 Å². The Labute approximate surface area is 90.2 Å². The molecule has 0 aromatic heterocycles. The SMILES string of the molecule is CC1(C)CCC(C(=O)CP(=O)(O)O)CC1. The summed E-state index contributed by atoms with van der Waals surface area (Å²) < 4.78 is 10.7. The fourth-order valence-corrected chi connectivity index (χ4v) is 2.72. The molecule has 5 heteroatoms. The molecule has 1 saturated carbocycles. The molecule has 4 nitrogen and oxygen atoms in total. The maximum Gasteiger partial charge on any atom is 0.332 e. The van der Waals surface area contributed by atoms with E-state index in [0.29, 0.717) is 0 Å². The van der Waals surface area contributed by atoms with Crippen LogP contribution in [0.1, 0.15) is 39.5 Å². The van der Waals surface area contributed by atoms with Gasteiger partial charge in [-0.25, -0.2) is 0 Å². The van der Waals surface area contributed by atoms with Crippen LogP contribution >= 0.6 is 7.60 Å². The fraction of sp³-hybridized carbons (Fsp3) is 0.900. The number of carbonyl (C=O) groups excluding carboxylic acids is 1. The van der Waals surface area contributed by atoms with Crippen LogP contribution in [0.15, 0.2) is 0 Å². The van der Waals surface area contributed by atoms with E-state index < -0.39 is 13.8 Å². The molecule has 0 unspecified atom stereocenters. The van der Waals surface area contributed by atoms with Crippen LogP contribution in [0.4, 0.5) is 0 Å². The first-order chi connectivity index (χ1) is 6.70. The standard InChI is InChI=1S/C10H19O4P/c1-10(2)5-3-8(4-6-10)9(11)7-15(12,13)14/h8H,3-7H2,1-2H3,(H2,12,13,14). The van der Waals surface area contributed by atoms with Crippen LogP contribution in [0.25, 0.3) is 0 Å². The lowest BCUT2D eigenvalue weighted by Gasteiger charge is -2.33. The molecular formula is C10H19O4P. The van der Waals surface area contributed by atoms with Gasteiger partial charge in [-0.1, -0.05) is 13.8 Å². The van der Waals surface area contributed by atoms with Gasteiger partial charge in [0.15, 0.2) is 0 Å². The third-order valence-corrected chi connectivity index (χ3v) is 3.88. The molecule has 2 N–H and O–H groups in total. The highest BCUT2D eigenvalue weighted by atomic mass is 31.2. The summed E-state index contributed by atoms with van der Waals surface area (Å²) in [6.45, 7) is 4.33. The summed E-state index contributed by atoms with van der Waals surface area (Å²) in [5.74, 6) is -0.399. The Balaban J connectivity index is 2.47. The first kappa shape index (κ1) is 12.9. The summed E-state index contributed by atoms with van der Waals surface area (Å²) in [5.41, 5.74) is 0.277. The monoisotopic (exact) mass is 234 g/mol. The van der Waals surface area contributed by atoms with Crippen molar-refractivity contribution in [2.45, 2.75) is 39.5 Å². The molecule has 0 amide bonds. The molecule has 0 aromatic carbocycles. The van der Waals surface area contributed by atoms with E-state index in [4.69, 9.17) is 9.79 Å². The second-order valence-electron chi connectivity index (χ2n) is 5.23. The zero-order valence-corrected chi connectivity index (χ0v) is 10.2. The minimum absolute atomic E-state index is 0.134. The smallest absolute Gasteiger partial charge is 0.324 e. The lowest BCUT2D eigenvalue weighted by molar-refractivity contribution is -0.122. The van der Waals surface area contributed by atoms with Crippen LogP contribution in [0, 0.1) is 11.3 Å². The maximum absolute atomic E-state index is 11.5. The number of hydrogen-bond acceptors (Lipinski definition) is 2. The average molecular weight is 234 g/mol. The van der Waals surface area contributed by atoms with E-state index in [1.807, 2.05) is 0 Å². The van der Waals surface area contributed by atoms with Gasteiger partial charge < -0.3 is 9.79 Å². The van der Waals surface area contributed by atoms with Crippen LogP contribution in [0.2, 0.25) is 0 Å². The molecule has 0 heterocycles. The van der Waals surface area contributed by atoms with Crippen molar-refractivity contribution < 1.29 is 19.1 Å². The van der Waals surface area contributed by atoms with Crippen LogP contribution in [0.5, 0.6) is 0 Å². The van der Waals surface area contributed by atoms with Gasteiger partial charge in [0.2, 0.25) is 0 Å². The molecule has 0 spiro atoms. The number of hydrogen-bond donors (Lipinski definition) is 2. The number of rotatable bonds is 3. The highest BCUT2D eigenvalue weighted by molar-refractivity contribution is 7.52. The van der Waals surface area contributed by atoms with Crippen molar-refractivity contribution in [3.63, 3.8) is 0 Å². The van der Waals surface area contributed by atoms with Gasteiger partial charge in [0.1, 0.15) is 11.9 Å². The van der Waals surface area contributed by atoms with Crippen LogP contribution in [-0.2, 0) is 9.36 Å². The zero-order valence-electron chi connectivity index (χ0n) is 9.27. The summed E-state index contributed by atoms with van der Waals surface area (Å²) >= 11 is 0. The molecule has 1 aliphatic rings. The Morgan fingerprint density at radius 1 is 1.33 bits per heavy atom. The molecule has 0 aliphatic heterocycles. The largest absolute Gasteiger partial charge is 0.332 e. The lowest BCUT2D eigenvalue weighted by atomic mass is 9.72. The van der Waals surface area contributed by atoms with Crippen LogP contribution in [-0.4, -0.2) is 21.7 Å². The average Bonchev–Trinajstić information content (AvgIpc) is 2.00. The van der Waals surface area contributed by atoms with Crippen molar-refractivity contribution >= 4 is 13.4 Å². The molecule has 15 heavy (non-hydrogen) atoms. The number of Topliss-reactive ketones (excluding diaryl/α,β-unsaturated/α-hetero) is 1. The van der Waals surface area contributed by atoms with Gasteiger partial charge in [0, 0.05) is 5.92 Å². The number of ketones is 1. The summed E-state index contributed by atoms with van der Waals surface area (Å²) in [6, 6.07) is 0. The van der Waals surface area contributed by atoms with Crippen molar-refractivity contribution in [3.05, 3.63) is 0 Å². The third-order valence-electron chi connectivity index (χ3n) is 3.16. The Morgan fingerprint density at radius 2 is 1.80 bits per heavy atom. The second-order valence-corrected chi connectivity index (χ2v) is 6.87. The fourth-order valence-electron chi connectivity index (χ4n) is 2.05. The second kappa shape index (κ2) is 4.36. The summed E-state index contributed by atoms with van der Waals surface area (Å²) in [4.78, 5) is 29.0. The van der Waals surface area contributed by atoms with E-state index in [1.165, 1.54) is 0 Å². The van der Waals surface area contributed by atoms with Gasteiger partial charge in [-0.15, -0.1) is 0 Å². The minimum atomic E-state index is -4.17. The van der Waals surface area contributed by atoms with Crippen molar-refractivity contribution in [2.24, 2.45) is 11.3 Å². The molecule has 88 valence electrons. The van der Waals surface area contributed by atoms with Gasteiger partial charge >= 0.3 is 7.60 Å². The Bertz CT molecular complexity index is 282. The maximum atomic E-state index is 11.5. The lowest BCUT2D eigenvalue weighted by Crippen LogP contribution is -2.27. The van der Waals surface area contributed by atoms with E-state index in [2.05, 4.69) is 13.8 Å². The minimum Gasteiger partial charge on any atom is -0.324 e. The molecule has 1 aliphatic carbocycles. The van der Waals surface area contributed by atoms with E-state index in [1.54, 1.807) is 0 Å². The van der Waals surface area contributed by atoms with E-state index >= 15 is 0 Å². The molecule has 0 bridgehead atoms. The molecule has 1 rings (SSSR count). The van der Waals surface area contributed by atoms with Gasteiger partial charge in [-0.05, 0) is 31.1 Å². The first-order valence-electron chi connectivity index (χ1n) is 5.27. The highest BCUT2D eigenvalue weighted by Gasteiger charge is 2.32. The van der Waals surface area contributed by atoms with Crippen molar-refractivity contribution in [2.75, 3.05) is 6.16 Å². The quantitative estimate of drug-likeness (QED) is 0.732. The zero-order chi connectivity index (χ0) is 11.7. The Morgan fingerprint density at radius 3 is 2.20 bits per heavy atom. The van der Waals surface area contributed by atoms with Gasteiger partial charge in [-0.2, -0.15) is 0 Å². The Hall–Kier alpha value is -0.180. The molecule has 0 saturated heterocycles. The number of carbonyl (C=O) groups is 1. The van der Waals surface area contributed by atoms with Gasteiger partial charge in [0.25, 0.3) is 0 Å². The topological polar surface area (TPSA) is 74.6 Å². The predicted molar refractivity (Wildman–Crippen MR) is 57.7 cm³/mol. The summed E-state index contributed by atoms with van der Waals surface area (Å²) in [5, 5.41) is 0. The summed E-state index contributed by atoms with van der Waals surface area (Å²) in [6.07, 6.45) is 2.88. The first-order valence-corrected chi connectivity index (χ1v) is 7.07.